The molecule has 2 aliphatic heterocycles. The molecule has 3 aromatic carbocycles. The van der Waals surface area contributed by atoms with Gasteiger partial charge in [0.05, 0.1) is 10.6 Å². The molecule has 0 radical (unpaired) electrons. The lowest BCUT2D eigenvalue weighted by Gasteiger charge is -2.25. The third kappa shape index (κ3) is 4.83. The van der Waals surface area contributed by atoms with Crippen molar-refractivity contribution in [1.82, 2.24) is 0 Å². The molecule has 0 saturated heterocycles. The van der Waals surface area contributed by atoms with E-state index in [1.54, 1.807) is 48.5 Å². The topological polar surface area (TPSA) is 103 Å². The van der Waals surface area contributed by atoms with E-state index in [4.69, 9.17) is 18.9 Å². The summed E-state index contributed by atoms with van der Waals surface area (Å²) in [5.41, 5.74) is 1.80. The Hall–Kier alpha value is -3.92. The summed E-state index contributed by atoms with van der Waals surface area (Å²) >= 11 is 0. The van der Waals surface area contributed by atoms with Gasteiger partial charge in [0.1, 0.15) is 33.0 Å². The number of rotatable bonds is 6. The molecule has 5 rings (SSSR count). The van der Waals surface area contributed by atoms with Crippen LogP contribution in [0.25, 0.3) is 0 Å². The van der Waals surface area contributed by atoms with Crippen LogP contribution in [-0.2, 0) is 14.8 Å². The highest BCUT2D eigenvalue weighted by atomic mass is 32.2. The lowest BCUT2D eigenvalue weighted by Crippen LogP contribution is -2.38. The van der Waals surface area contributed by atoms with Crippen LogP contribution < -0.4 is 28.6 Å². The Bertz CT molecular complexity index is 1360. The first-order chi connectivity index (χ1) is 16.9. The van der Waals surface area contributed by atoms with Crippen LogP contribution in [-0.4, -0.2) is 47.3 Å². The van der Waals surface area contributed by atoms with Crippen molar-refractivity contribution in [1.29, 1.82) is 0 Å². The molecule has 10 heteroatoms. The zero-order valence-electron chi connectivity index (χ0n) is 19.0. The number of sulfonamides is 1. The van der Waals surface area contributed by atoms with Crippen molar-refractivity contribution in [2.24, 2.45) is 0 Å². The lowest BCUT2D eigenvalue weighted by atomic mass is 10.2. The summed E-state index contributed by atoms with van der Waals surface area (Å²) in [6.45, 7) is 3.07. The second-order valence-corrected chi connectivity index (χ2v) is 9.92. The minimum absolute atomic E-state index is 0.00513. The number of nitrogens with zero attached hydrogens (tertiary/aromatic N) is 1. The molecule has 3 aromatic rings. The van der Waals surface area contributed by atoms with Gasteiger partial charge in [0.2, 0.25) is 5.91 Å². The van der Waals surface area contributed by atoms with Gasteiger partial charge in [-0.2, -0.15) is 0 Å². The first kappa shape index (κ1) is 22.9. The molecular formula is C25H24N2O7S. The molecule has 1 amide bonds. The minimum Gasteiger partial charge on any atom is -0.486 e. The number of anilines is 2. The molecule has 0 saturated carbocycles. The number of carbonyl (C=O) groups excluding carboxylic acids is 1. The second-order valence-electron chi connectivity index (χ2n) is 8.06. The average Bonchev–Trinajstić information content (AvgIpc) is 2.87. The van der Waals surface area contributed by atoms with E-state index in [-0.39, 0.29) is 4.90 Å². The number of aryl methyl sites for hydroxylation is 1. The highest BCUT2D eigenvalue weighted by Crippen LogP contribution is 2.35. The smallest absolute Gasteiger partial charge is 0.264 e. The van der Waals surface area contributed by atoms with Gasteiger partial charge in [0.15, 0.2) is 23.0 Å². The predicted octanol–water partition coefficient (Wildman–Crippen LogP) is 3.37. The van der Waals surface area contributed by atoms with Gasteiger partial charge in [-0.1, -0.05) is 17.7 Å². The molecule has 0 spiro atoms. The van der Waals surface area contributed by atoms with Crippen molar-refractivity contribution < 1.29 is 32.2 Å². The third-order valence-corrected chi connectivity index (χ3v) is 7.31. The van der Waals surface area contributed by atoms with Gasteiger partial charge in [-0.15, -0.1) is 0 Å². The van der Waals surface area contributed by atoms with Gasteiger partial charge < -0.3 is 24.3 Å². The Balaban J connectivity index is 1.43. The SMILES string of the molecule is Cc1ccc(N(CC(=O)Nc2ccc3c(c2)OCCO3)S(=O)(=O)c2ccc3c(c2)OCCO3)cc1. The standard InChI is InChI=1S/C25H24N2O7S/c1-17-2-5-19(6-3-17)27(35(29,30)20-7-9-22-24(15-20)34-13-11-32-22)16-25(28)26-18-4-8-21-23(14-18)33-12-10-31-21/h2-9,14-15H,10-13,16H2,1H3,(H,26,28). The van der Waals surface area contributed by atoms with E-state index in [1.807, 2.05) is 6.92 Å². The Labute approximate surface area is 203 Å². The molecule has 0 fully saturated rings. The lowest BCUT2D eigenvalue weighted by molar-refractivity contribution is -0.114. The van der Waals surface area contributed by atoms with Crippen LogP contribution in [0.1, 0.15) is 5.56 Å². The molecule has 0 aliphatic carbocycles. The largest absolute Gasteiger partial charge is 0.486 e. The number of nitrogens with one attached hydrogen (secondary N) is 1. The number of fused-ring (bicyclic) bond motifs is 2. The Morgan fingerprint density at radius 3 is 2.03 bits per heavy atom. The maximum atomic E-state index is 13.7. The number of amides is 1. The molecule has 35 heavy (non-hydrogen) atoms. The highest BCUT2D eigenvalue weighted by molar-refractivity contribution is 7.92. The molecule has 2 aliphatic rings. The number of ether oxygens (including phenoxy) is 4. The van der Waals surface area contributed by atoms with Gasteiger partial charge >= 0.3 is 0 Å². The fraction of sp³-hybridized carbons (Fsp3) is 0.240. The third-order valence-electron chi connectivity index (χ3n) is 5.54. The van der Waals surface area contributed by atoms with Crippen LogP contribution >= 0.6 is 0 Å². The minimum atomic E-state index is -4.11. The number of benzene rings is 3. The van der Waals surface area contributed by atoms with Crippen molar-refractivity contribution in [3.63, 3.8) is 0 Å². The molecule has 0 unspecified atom stereocenters. The van der Waals surface area contributed by atoms with Crippen LogP contribution in [0.5, 0.6) is 23.0 Å². The summed E-state index contributed by atoms with van der Waals surface area (Å²) in [5, 5.41) is 2.75. The quantitative estimate of drug-likeness (QED) is 0.558. The maximum Gasteiger partial charge on any atom is 0.264 e. The predicted molar refractivity (Wildman–Crippen MR) is 129 cm³/mol. The van der Waals surface area contributed by atoms with E-state index in [1.165, 1.54) is 12.1 Å². The van der Waals surface area contributed by atoms with E-state index < -0.39 is 22.5 Å². The van der Waals surface area contributed by atoms with Crippen LogP contribution in [0, 0.1) is 6.92 Å². The first-order valence-electron chi connectivity index (χ1n) is 11.1. The van der Waals surface area contributed by atoms with Crippen LogP contribution in [0.4, 0.5) is 11.4 Å². The summed E-state index contributed by atoms with van der Waals surface area (Å²) < 4.78 is 50.6. The van der Waals surface area contributed by atoms with Crippen molar-refractivity contribution in [3.8, 4) is 23.0 Å². The van der Waals surface area contributed by atoms with Gasteiger partial charge in [0.25, 0.3) is 10.0 Å². The average molecular weight is 497 g/mol. The van der Waals surface area contributed by atoms with Crippen molar-refractivity contribution >= 4 is 27.3 Å². The second kappa shape index (κ2) is 9.38. The van der Waals surface area contributed by atoms with Crippen LogP contribution in [0.15, 0.2) is 65.6 Å². The summed E-state index contributed by atoms with van der Waals surface area (Å²) in [4.78, 5) is 13.0. The first-order valence-corrected chi connectivity index (χ1v) is 12.5. The highest BCUT2D eigenvalue weighted by Gasteiger charge is 2.29. The fourth-order valence-corrected chi connectivity index (χ4v) is 5.23. The zero-order chi connectivity index (χ0) is 24.4. The summed E-state index contributed by atoms with van der Waals surface area (Å²) in [6.07, 6.45) is 0. The van der Waals surface area contributed by atoms with E-state index >= 15 is 0 Å². The van der Waals surface area contributed by atoms with Gasteiger partial charge in [-0.25, -0.2) is 8.42 Å². The Morgan fingerprint density at radius 1 is 0.800 bits per heavy atom. The molecule has 2 heterocycles. The molecule has 0 bridgehead atoms. The molecule has 182 valence electrons. The van der Waals surface area contributed by atoms with Crippen molar-refractivity contribution in [2.75, 3.05) is 42.6 Å². The van der Waals surface area contributed by atoms with E-state index in [9.17, 15) is 13.2 Å². The monoisotopic (exact) mass is 496 g/mol. The number of carbonyl (C=O) groups is 1. The Kier molecular flexibility index (Phi) is 6.12. The zero-order valence-corrected chi connectivity index (χ0v) is 19.8. The molecule has 0 aromatic heterocycles. The Morgan fingerprint density at radius 2 is 1.37 bits per heavy atom. The van der Waals surface area contributed by atoms with E-state index in [0.29, 0.717) is 60.8 Å². The molecule has 1 N–H and O–H groups in total. The molecule has 9 nitrogen and oxygen atoms in total. The van der Waals surface area contributed by atoms with Gasteiger partial charge in [-0.3, -0.25) is 9.10 Å². The van der Waals surface area contributed by atoms with E-state index in [0.717, 1.165) is 9.87 Å². The van der Waals surface area contributed by atoms with E-state index in [2.05, 4.69) is 5.32 Å². The fourth-order valence-electron chi connectivity index (χ4n) is 3.79. The van der Waals surface area contributed by atoms with Crippen LogP contribution in [0.2, 0.25) is 0 Å². The summed E-state index contributed by atoms with van der Waals surface area (Å²) in [7, 11) is -4.11. The maximum absolute atomic E-state index is 13.7. The normalized spacial score (nSPS) is 14.2. The van der Waals surface area contributed by atoms with Crippen LogP contribution in [0.3, 0.4) is 0 Å². The number of hydrogen-bond acceptors (Lipinski definition) is 7. The summed E-state index contributed by atoms with van der Waals surface area (Å²) in [6, 6.07) is 16.4. The van der Waals surface area contributed by atoms with Crippen molar-refractivity contribution in [3.05, 3.63) is 66.2 Å². The molecule has 0 atom stereocenters. The summed E-state index contributed by atoms with van der Waals surface area (Å²) in [5.74, 6) is 1.43. The molecular weight excluding hydrogens is 472 g/mol. The number of hydrogen-bond donors (Lipinski definition) is 1. The van der Waals surface area contributed by atoms with Gasteiger partial charge in [-0.05, 0) is 43.3 Å². The van der Waals surface area contributed by atoms with Gasteiger partial charge in [0, 0.05) is 17.8 Å². The van der Waals surface area contributed by atoms with Crippen molar-refractivity contribution in [2.45, 2.75) is 11.8 Å².